The fraction of sp³-hybridized carbons (Fsp3) is 0.300. The Bertz CT molecular complexity index is 310. The summed E-state index contributed by atoms with van der Waals surface area (Å²) in [6.45, 7) is 4.09. The van der Waals surface area contributed by atoms with E-state index in [2.05, 4.69) is 0 Å². The molecule has 0 unspecified atom stereocenters. The molecule has 2 nitrogen and oxygen atoms in total. The second kappa shape index (κ2) is 5.00. The Morgan fingerprint density at radius 3 is 2.38 bits per heavy atom. The molecule has 0 aliphatic heterocycles. The summed E-state index contributed by atoms with van der Waals surface area (Å²) in [5, 5.41) is 0. The third kappa shape index (κ3) is 2.83. The summed E-state index contributed by atoms with van der Waals surface area (Å²) < 4.78 is 0. The van der Waals surface area contributed by atoms with Gasteiger partial charge in [0.05, 0.1) is 6.54 Å². The summed E-state index contributed by atoms with van der Waals surface area (Å²) in [6.07, 6.45) is 0. The predicted molar refractivity (Wildman–Crippen MR) is 56.5 cm³/mol. The minimum atomic E-state index is -0.00176. The quantitative estimate of drug-likeness (QED) is 0.739. The number of carbonyl (C=O) groups excluding carboxylic acids is 1. The van der Waals surface area contributed by atoms with Gasteiger partial charge in [-0.05, 0) is 31.0 Å². The zero-order valence-corrected chi connectivity index (χ0v) is 8.65. The molecular weight excluding hydrogens is 186 g/mol. The summed E-state index contributed by atoms with van der Waals surface area (Å²) in [5.41, 5.74) is 8.28. The lowest BCUT2D eigenvalue weighted by atomic mass is 10.0. The van der Waals surface area contributed by atoms with E-state index >= 15 is 0 Å². The molecule has 0 aliphatic rings. The van der Waals surface area contributed by atoms with Gasteiger partial charge in [0.1, 0.15) is 0 Å². The van der Waals surface area contributed by atoms with Gasteiger partial charge >= 0.3 is 0 Å². The fourth-order valence-electron chi connectivity index (χ4n) is 1.03. The van der Waals surface area contributed by atoms with Crippen LogP contribution in [0.15, 0.2) is 18.2 Å². The van der Waals surface area contributed by atoms with E-state index in [1.807, 2.05) is 32.0 Å². The van der Waals surface area contributed by atoms with Gasteiger partial charge in [-0.3, -0.25) is 4.79 Å². The van der Waals surface area contributed by atoms with Crippen molar-refractivity contribution in [2.24, 2.45) is 5.73 Å². The van der Waals surface area contributed by atoms with Gasteiger partial charge in [-0.1, -0.05) is 12.1 Å². The molecule has 1 aromatic carbocycles. The number of hydrogen-bond acceptors (Lipinski definition) is 2. The highest BCUT2D eigenvalue weighted by Crippen LogP contribution is 2.09. The Hall–Kier alpha value is -0.860. The number of nitrogens with two attached hydrogens (primary N) is 1. The van der Waals surface area contributed by atoms with Crippen LogP contribution in [0.2, 0.25) is 0 Å². The highest BCUT2D eigenvalue weighted by molar-refractivity contribution is 5.97. The highest BCUT2D eigenvalue weighted by atomic mass is 35.5. The van der Waals surface area contributed by atoms with Crippen LogP contribution in [0.1, 0.15) is 21.5 Å². The lowest BCUT2D eigenvalue weighted by Crippen LogP contribution is -2.13. The van der Waals surface area contributed by atoms with E-state index < -0.39 is 0 Å². The second-order valence-corrected chi connectivity index (χ2v) is 2.93. The van der Waals surface area contributed by atoms with E-state index in [4.69, 9.17) is 5.73 Å². The number of aryl methyl sites for hydroxylation is 2. The Balaban J connectivity index is 0.00000144. The summed E-state index contributed by atoms with van der Waals surface area (Å²) in [6, 6.07) is 5.64. The molecule has 0 heterocycles. The van der Waals surface area contributed by atoms with Crippen molar-refractivity contribution in [2.45, 2.75) is 13.8 Å². The molecule has 3 heteroatoms. The lowest BCUT2D eigenvalue weighted by Gasteiger charge is -2.02. The minimum absolute atomic E-state index is 0. The number of hydrogen-bond donors (Lipinski definition) is 1. The number of Topliss-reactive ketones (excluding diaryl/α,β-unsaturated/α-hetero) is 1. The molecule has 0 saturated heterocycles. The molecule has 0 atom stereocenters. The maximum Gasteiger partial charge on any atom is 0.176 e. The van der Waals surface area contributed by atoms with Gasteiger partial charge < -0.3 is 5.73 Å². The van der Waals surface area contributed by atoms with E-state index in [0.29, 0.717) is 5.56 Å². The fourth-order valence-corrected chi connectivity index (χ4v) is 1.03. The van der Waals surface area contributed by atoms with Gasteiger partial charge in [0.2, 0.25) is 0 Å². The molecule has 0 saturated carbocycles. The van der Waals surface area contributed by atoms with Gasteiger partial charge in [0.15, 0.2) is 5.78 Å². The molecule has 0 amide bonds. The second-order valence-electron chi connectivity index (χ2n) is 2.93. The topological polar surface area (TPSA) is 43.1 Å². The maximum absolute atomic E-state index is 11.2. The van der Waals surface area contributed by atoms with Crippen molar-refractivity contribution in [3.63, 3.8) is 0 Å². The van der Waals surface area contributed by atoms with E-state index in [1.165, 1.54) is 5.56 Å². The SMILES string of the molecule is Cc1ccc(C(=O)CN)cc1C.Cl. The summed E-state index contributed by atoms with van der Waals surface area (Å²) >= 11 is 0. The molecule has 0 spiro atoms. The minimum Gasteiger partial charge on any atom is -0.324 e. The molecule has 0 aliphatic carbocycles. The first kappa shape index (κ1) is 12.1. The van der Waals surface area contributed by atoms with Crippen LogP contribution < -0.4 is 5.73 Å². The Morgan fingerprint density at radius 1 is 1.31 bits per heavy atom. The molecule has 1 rings (SSSR count). The molecule has 0 bridgehead atoms. The molecule has 2 N–H and O–H groups in total. The van der Waals surface area contributed by atoms with Crippen LogP contribution in [-0.4, -0.2) is 12.3 Å². The predicted octanol–water partition coefficient (Wildman–Crippen LogP) is 1.87. The highest BCUT2D eigenvalue weighted by Gasteiger charge is 2.03. The third-order valence-electron chi connectivity index (χ3n) is 2.01. The number of halogens is 1. The standard InChI is InChI=1S/C10H13NO.ClH/c1-7-3-4-9(5-8(7)2)10(12)6-11;/h3-5H,6,11H2,1-2H3;1H. The Labute approximate surface area is 84.5 Å². The zero-order chi connectivity index (χ0) is 9.14. The van der Waals surface area contributed by atoms with E-state index in [9.17, 15) is 4.79 Å². The first-order valence-corrected chi connectivity index (χ1v) is 3.95. The molecule has 0 aromatic heterocycles. The van der Waals surface area contributed by atoms with Crippen molar-refractivity contribution < 1.29 is 4.79 Å². The van der Waals surface area contributed by atoms with Crippen LogP contribution in [0.5, 0.6) is 0 Å². The molecule has 0 radical (unpaired) electrons. The van der Waals surface area contributed by atoms with Crippen LogP contribution in [0.4, 0.5) is 0 Å². The van der Waals surface area contributed by atoms with Crippen molar-refractivity contribution >= 4 is 18.2 Å². The van der Waals surface area contributed by atoms with Crippen LogP contribution >= 0.6 is 12.4 Å². The zero-order valence-electron chi connectivity index (χ0n) is 7.83. The molecule has 0 fully saturated rings. The summed E-state index contributed by atoms with van der Waals surface area (Å²) in [4.78, 5) is 11.2. The summed E-state index contributed by atoms with van der Waals surface area (Å²) in [5.74, 6) is -0.00176. The average Bonchev–Trinajstić information content (AvgIpc) is 2.08. The third-order valence-corrected chi connectivity index (χ3v) is 2.01. The van der Waals surface area contributed by atoms with Gasteiger partial charge in [-0.15, -0.1) is 12.4 Å². The molecular formula is C10H14ClNO. The van der Waals surface area contributed by atoms with Crippen molar-refractivity contribution in [3.05, 3.63) is 34.9 Å². The normalized spacial score (nSPS) is 9.15. The monoisotopic (exact) mass is 199 g/mol. The largest absolute Gasteiger partial charge is 0.324 e. The number of rotatable bonds is 2. The average molecular weight is 200 g/mol. The number of carbonyl (C=O) groups is 1. The van der Waals surface area contributed by atoms with Crippen LogP contribution in [0.25, 0.3) is 0 Å². The van der Waals surface area contributed by atoms with Crippen molar-refractivity contribution in [2.75, 3.05) is 6.54 Å². The first-order chi connectivity index (χ1) is 5.65. The van der Waals surface area contributed by atoms with Crippen molar-refractivity contribution in [1.82, 2.24) is 0 Å². The molecule has 13 heavy (non-hydrogen) atoms. The summed E-state index contributed by atoms with van der Waals surface area (Å²) in [7, 11) is 0. The maximum atomic E-state index is 11.2. The lowest BCUT2D eigenvalue weighted by molar-refractivity contribution is 0.100. The molecule has 1 aromatic rings. The van der Waals surface area contributed by atoms with Crippen molar-refractivity contribution in [3.8, 4) is 0 Å². The molecule has 72 valence electrons. The van der Waals surface area contributed by atoms with Crippen LogP contribution in [-0.2, 0) is 0 Å². The van der Waals surface area contributed by atoms with E-state index in [0.717, 1.165) is 5.56 Å². The Kier molecular flexibility index (Phi) is 4.67. The Morgan fingerprint density at radius 2 is 1.92 bits per heavy atom. The van der Waals surface area contributed by atoms with Crippen LogP contribution in [0, 0.1) is 13.8 Å². The van der Waals surface area contributed by atoms with E-state index in [-0.39, 0.29) is 24.7 Å². The van der Waals surface area contributed by atoms with Gasteiger partial charge in [0, 0.05) is 5.56 Å². The van der Waals surface area contributed by atoms with Gasteiger partial charge in [-0.25, -0.2) is 0 Å². The van der Waals surface area contributed by atoms with Crippen LogP contribution in [0.3, 0.4) is 0 Å². The van der Waals surface area contributed by atoms with Gasteiger partial charge in [0.25, 0.3) is 0 Å². The number of benzene rings is 1. The first-order valence-electron chi connectivity index (χ1n) is 3.95. The number of ketones is 1. The van der Waals surface area contributed by atoms with Crippen molar-refractivity contribution in [1.29, 1.82) is 0 Å². The van der Waals surface area contributed by atoms with E-state index in [1.54, 1.807) is 0 Å². The smallest absolute Gasteiger partial charge is 0.176 e. The van der Waals surface area contributed by atoms with Gasteiger partial charge in [-0.2, -0.15) is 0 Å².